The molecule has 3 heteroatoms. The Morgan fingerprint density at radius 3 is 2.94 bits per heavy atom. The molecule has 2 heterocycles. The summed E-state index contributed by atoms with van der Waals surface area (Å²) in [6, 6.07) is 2.96. The highest BCUT2D eigenvalue weighted by molar-refractivity contribution is 7.07. The second-order valence-corrected chi connectivity index (χ2v) is 6.91. The molecule has 1 aliphatic carbocycles. The van der Waals surface area contributed by atoms with E-state index in [0.29, 0.717) is 11.6 Å². The van der Waals surface area contributed by atoms with Crippen LogP contribution in [0, 0.1) is 5.92 Å². The molecule has 3 rings (SSSR count). The molecule has 2 unspecified atom stereocenters. The molecule has 1 aromatic heterocycles. The molecule has 0 radical (unpaired) electrons. The van der Waals surface area contributed by atoms with Gasteiger partial charge in [-0.05, 0) is 54.5 Å². The lowest BCUT2D eigenvalue weighted by molar-refractivity contribution is 0.0271. The minimum Gasteiger partial charge on any atom is -0.311 e. The third-order valence-electron chi connectivity index (χ3n) is 4.81. The van der Waals surface area contributed by atoms with E-state index >= 15 is 0 Å². The molecule has 1 saturated carbocycles. The normalized spacial score (nSPS) is 33.8. The van der Waals surface area contributed by atoms with Gasteiger partial charge in [0, 0.05) is 31.2 Å². The number of nitrogens with one attached hydrogen (secondary N) is 1. The molecule has 2 aliphatic rings. The van der Waals surface area contributed by atoms with Crippen LogP contribution in [0.1, 0.15) is 38.7 Å². The largest absolute Gasteiger partial charge is 0.311 e. The van der Waals surface area contributed by atoms with E-state index in [2.05, 4.69) is 40.9 Å². The molecule has 1 aromatic rings. The highest BCUT2D eigenvalue weighted by atomic mass is 32.1. The number of thiophene rings is 1. The summed E-state index contributed by atoms with van der Waals surface area (Å²) in [5.74, 6) is 0.918. The van der Waals surface area contributed by atoms with Gasteiger partial charge in [0.1, 0.15) is 0 Å². The van der Waals surface area contributed by atoms with Crippen molar-refractivity contribution in [3.05, 3.63) is 22.4 Å². The Balaban J connectivity index is 1.76. The molecule has 2 fully saturated rings. The molecule has 2 atom stereocenters. The zero-order valence-electron chi connectivity index (χ0n) is 11.5. The number of nitrogens with zero attached hydrogens (tertiary/aromatic N) is 1. The van der Waals surface area contributed by atoms with Gasteiger partial charge < -0.3 is 5.32 Å². The summed E-state index contributed by atoms with van der Waals surface area (Å²) in [6.45, 7) is 8.27. The highest BCUT2D eigenvalue weighted by Crippen LogP contribution is 2.44. The van der Waals surface area contributed by atoms with Crippen molar-refractivity contribution in [2.75, 3.05) is 13.1 Å². The Labute approximate surface area is 114 Å². The first-order chi connectivity index (χ1) is 8.72. The Kier molecular flexibility index (Phi) is 3.48. The summed E-state index contributed by atoms with van der Waals surface area (Å²) in [7, 11) is 0. The van der Waals surface area contributed by atoms with Gasteiger partial charge >= 0.3 is 0 Å². The van der Waals surface area contributed by atoms with Crippen LogP contribution in [0.25, 0.3) is 0 Å². The van der Waals surface area contributed by atoms with Crippen molar-refractivity contribution in [3.8, 4) is 0 Å². The lowest BCUT2D eigenvalue weighted by Gasteiger charge is -2.48. The molecular weight excluding hydrogens is 240 g/mol. The minimum absolute atomic E-state index is 0.383. The van der Waals surface area contributed by atoms with Gasteiger partial charge in [0.2, 0.25) is 0 Å². The van der Waals surface area contributed by atoms with E-state index in [1.165, 1.54) is 37.9 Å². The Morgan fingerprint density at radius 2 is 2.33 bits per heavy atom. The van der Waals surface area contributed by atoms with Crippen molar-refractivity contribution >= 4 is 11.3 Å². The van der Waals surface area contributed by atoms with Crippen LogP contribution in [0.2, 0.25) is 0 Å². The Morgan fingerprint density at radius 1 is 1.50 bits per heavy atom. The van der Waals surface area contributed by atoms with E-state index < -0.39 is 0 Å². The molecule has 1 saturated heterocycles. The topological polar surface area (TPSA) is 15.3 Å². The van der Waals surface area contributed by atoms with Crippen LogP contribution in [0.4, 0.5) is 0 Å². The summed E-state index contributed by atoms with van der Waals surface area (Å²) in [6.07, 6.45) is 4.09. The summed E-state index contributed by atoms with van der Waals surface area (Å²) in [4.78, 5) is 2.75. The van der Waals surface area contributed by atoms with Gasteiger partial charge in [-0.1, -0.05) is 6.92 Å². The van der Waals surface area contributed by atoms with E-state index in [0.717, 1.165) is 12.5 Å². The average molecular weight is 264 g/mol. The lowest BCUT2D eigenvalue weighted by Crippen LogP contribution is -2.63. The second kappa shape index (κ2) is 4.95. The maximum atomic E-state index is 3.75. The molecule has 100 valence electrons. The van der Waals surface area contributed by atoms with E-state index in [9.17, 15) is 0 Å². The molecule has 1 aliphatic heterocycles. The summed E-state index contributed by atoms with van der Waals surface area (Å²) in [5, 5.41) is 8.25. The zero-order valence-corrected chi connectivity index (χ0v) is 12.3. The monoisotopic (exact) mass is 264 g/mol. The number of hydrogen-bond donors (Lipinski definition) is 1. The predicted molar refractivity (Wildman–Crippen MR) is 77.9 cm³/mol. The van der Waals surface area contributed by atoms with Crippen molar-refractivity contribution < 1.29 is 0 Å². The standard InChI is InChI=1S/C15H24N2S/c1-3-14-9-17(8-12-6-7-18-10-12)15(2,11-16-14)13-4-5-13/h6-7,10,13-14,16H,3-5,8-9,11H2,1-2H3. The van der Waals surface area contributed by atoms with Crippen molar-refractivity contribution in [2.24, 2.45) is 5.92 Å². The molecule has 0 bridgehead atoms. The minimum atomic E-state index is 0.383. The number of hydrogen-bond acceptors (Lipinski definition) is 3. The Bertz CT molecular complexity index is 385. The maximum absolute atomic E-state index is 3.75. The fourth-order valence-electron chi connectivity index (χ4n) is 3.23. The fourth-order valence-corrected chi connectivity index (χ4v) is 3.89. The van der Waals surface area contributed by atoms with Crippen molar-refractivity contribution in [3.63, 3.8) is 0 Å². The molecule has 0 amide bonds. The number of piperazine rings is 1. The van der Waals surface area contributed by atoms with Gasteiger partial charge in [0.25, 0.3) is 0 Å². The highest BCUT2D eigenvalue weighted by Gasteiger charge is 2.47. The molecule has 18 heavy (non-hydrogen) atoms. The Hall–Kier alpha value is -0.380. The third kappa shape index (κ3) is 2.36. The van der Waals surface area contributed by atoms with Gasteiger partial charge in [-0.15, -0.1) is 0 Å². The van der Waals surface area contributed by atoms with Crippen molar-refractivity contribution in [1.29, 1.82) is 0 Å². The van der Waals surface area contributed by atoms with Gasteiger partial charge in [0.15, 0.2) is 0 Å². The van der Waals surface area contributed by atoms with Gasteiger partial charge in [-0.2, -0.15) is 11.3 Å². The average Bonchev–Trinajstić information content (AvgIpc) is 3.12. The predicted octanol–water partition coefficient (Wildman–Crippen LogP) is 3.10. The van der Waals surface area contributed by atoms with Crippen LogP contribution in [0.15, 0.2) is 16.8 Å². The molecule has 0 spiro atoms. The van der Waals surface area contributed by atoms with E-state index in [-0.39, 0.29) is 0 Å². The summed E-state index contributed by atoms with van der Waals surface area (Å²) >= 11 is 1.82. The van der Waals surface area contributed by atoms with E-state index in [1.807, 2.05) is 11.3 Å². The second-order valence-electron chi connectivity index (χ2n) is 6.13. The van der Waals surface area contributed by atoms with Gasteiger partial charge in [-0.3, -0.25) is 4.90 Å². The molecule has 2 nitrogen and oxygen atoms in total. The smallest absolute Gasteiger partial charge is 0.0338 e. The van der Waals surface area contributed by atoms with Crippen molar-refractivity contribution in [2.45, 2.75) is 51.2 Å². The first-order valence-corrected chi connectivity index (χ1v) is 8.16. The van der Waals surface area contributed by atoms with Gasteiger partial charge in [-0.25, -0.2) is 0 Å². The maximum Gasteiger partial charge on any atom is 0.0338 e. The quantitative estimate of drug-likeness (QED) is 0.899. The number of rotatable bonds is 4. The SMILES string of the molecule is CCC1CN(Cc2ccsc2)C(C)(C2CC2)CN1. The first kappa shape index (κ1) is 12.6. The van der Waals surface area contributed by atoms with Crippen LogP contribution >= 0.6 is 11.3 Å². The lowest BCUT2D eigenvalue weighted by atomic mass is 9.88. The molecular formula is C15H24N2S. The molecule has 1 N–H and O–H groups in total. The van der Waals surface area contributed by atoms with Crippen LogP contribution in [0.5, 0.6) is 0 Å². The van der Waals surface area contributed by atoms with E-state index in [4.69, 9.17) is 0 Å². The van der Waals surface area contributed by atoms with E-state index in [1.54, 1.807) is 0 Å². The van der Waals surface area contributed by atoms with Crippen molar-refractivity contribution in [1.82, 2.24) is 10.2 Å². The first-order valence-electron chi connectivity index (χ1n) is 7.22. The fraction of sp³-hybridized carbons (Fsp3) is 0.733. The molecule has 0 aromatic carbocycles. The van der Waals surface area contributed by atoms with Crippen LogP contribution < -0.4 is 5.32 Å². The van der Waals surface area contributed by atoms with Gasteiger partial charge in [0.05, 0.1) is 0 Å². The summed E-state index contributed by atoms with van der Waals surface area (Å²) in [5.41, 5.74) is 1.87. The summed E-state index contributed by atoms with van der Waals surface area (Å²) < 4.78 is 0. The third-order valence-corrected chi connectivity index (χ3v) is 5.55. The van der Waals surface area contributed by atoms with Crippen LogP contribution in [-0.4, -0.2) is 29.6 Å². The zero-order chi connectivity index (χ0) is 12.6. The van der Waals surface area contributed by atoms with Crippen LogP contribution in [0.3, 0.4) is 0 Å². The van der Waals surface area contributed by atoms with Crippen LogP contribution in [-0.2, 0) is 6.54 Å².